The Morgan fingerprint density at radius 1 is 0.605 bits per heavy atom. The summed E-state index contributed by atoms with van der Waals surface area (Å²) in [5.41, 5.74) is 5.63. The van der Waals surface area contributed by atoms with Crippen molar-refractivity contribution in [1.29, 1.82) is 0 Å². The summed E-state index contributed by atoms with van der Waals surface area (Å²) in [6.07, 6.45) is 2.99. The number of nitrogens with zero attached hydrogens (tertiary/aromatic N) is 6. The molecule has 6 rings (SSSR count). The second-order valence-electron chi connectivity index (χ2n) is 9.16. The summed E-state index contributed by atoms with van der Waals surface area (Å²) in [5.74, 6) is 1.03. The monoisotopic (exact) mass is 514 g/mol. The van der Waals surface area contributed by atoms with Crippen molar-refractivity contribution < 1.29 is 19.8 Å². The fourth-order valence-corrected chi connectivity index (χ4v) is 4.92. The zero-order valence-corrected chi connectivity index (χ0v) is 20.4. The van der Waals surface area contributed by atoms with Crippen LogP contribution in [-0.4, -0.2) is 78.5 Å². The van der Waals surface area contributed by atoms with Gasteiger partial charge in [-0.1, -0.05) is 48.5 Å². The third-order valence-electron chi connectivity index (χ3n) is 6.84. The van der Waals surface area contributed by atoms with E-state index in [9.17, 15) is 19.8 Å². The van der Waals surface area contributed by atoms with Crippen molar-refractivity contribution in [3.8, 4) is 33.6 Å². The predicted molar refractivity (Wildman–Crippen MR) is 140 cm³/mol. The highest BCUT2D eigenvalue weighted by molar-refractivity contribution is 5.73. The van der Waals surface area contributed by atoms with E-state index in [1.165, 1.54) is 10.0 Å². The molecular formula is C26H26N8O4. The number of nitrogens with one attached hydrogen (secondary N) is 2. The van der Waals surface area contributed by atoms with Crippen molar-refractivity contribution in [2.75, 3.05) is 36.2 Å². The molecule has 2 aromatic heterocycles. The van der Waals surface area contributed by atoms with Gasteiger partial charge in [-0.25, -0.2) is 39.6 Å². The van der Waals surface area contributed by atoms with Gasteiger partial charge in [-0.05, 0) is 35.1 Å². The Balaban J connectivity index is 1.15. The van der Waals surface area contributed by atoms with E-state index in [-0.39, 0.29) is 0 Å². The number of H-pyrrole nitrogens is 2. The summed E-state index contributed by atoms with van der Waals surface area (Å²) in [4.78, 5) is 38.1. The van der Waals surface area contributed by atoms with E-state index in [0.717, 1.165) is 46.5 Å². The van der Waals surface area contributed by atoms with Crippen molar-refractivity contribution >= 4 is 24.1 Å². The topological polar surface area (TPSA) is 145 Å². The Bertz CT molecular complexity index is 1350. The fourth-order valence-electron chi connectivity index (χ4n) is 4.92. The van der Waals surface area contributed by atoms with E-state index in [1.807, 2.05) is 48.5 Å². The van der Waals surface area contributed by atoms with Crippen LogP contribution in [0, 0.1) is 0 Å². The van der Waals surface area contributed by atoms with Gasteiger partial charge < -0.3 is 20.2 Å². The largest absolute Gasteiger partial charge is 0.464 e. The zero-order valence-electron chi connectivity index (χ0n) is 20.4. The number of aromatic amines is 2. The smallest absolute Gasteiger partial charge is 0.426 e. The zero-order chi connectivity index (χ0) is 26.2. The normalized spacial score (nSPS) is 15.5. The van der Waals surface area contributed by atoms with E-state index in [2.05, 4.69) is 19.9 Å². The van der Waals surface area contributed by atoms with Crippen LogP contribution >= 0.6 is 0 Å². The van der Waals surface area contributed by atoms with Gasteiger partial charge in [-0.2, -0.15) is 0 Å². The summed E-state index contributed by atoms with van der Waals surface area (Å²) in [6.45, 7) is 2.13. The quantitative estimate of drug-likeness (QED) is 0.308. The molecule has 2 aliphatic rings. The highest BCUT2D eigenvalue weighted by Gasteiger charge is 2.29. The average Bonchev–Trinajstić information content (AvgIpc) is 3.74. The third kappa shape index (κ3) is 4.25. The van der Waals surface area contributed by atoms with E-state index >= 15 is 0 Å². The number of hydrogen-bond acceptors (Lipinski definition) is 6. The number of aromatic nitrogens is 4. The third-order valence-corrected chi connectivity index (χ3v) is 6.84. The number of anilines is 2. The lowest BCUT2D eigenvalue weighted by molar-refractivity contribution is 0.149. The molecule has 0 spiro atoms. The summed E-state index contributed by atoms with van der Waals surface area (Å²) in [5, 5.41) is 24.6. The van der Waals surface area contributed by atoms with E-state index < -0.39 is 12.2 Å². The van der Waals surface area contributed by atoms with Crippen molar-refractivity contribution in [2.24, 2.45) is 0 Å². The molecule has 12 nitrogen and oxygen atoms in total. The van der Waals surface area contributed by atoms with Crippen LogP contribution < -0.4 is 10.0 Å². The van der Waals surface area contributed by atoms with E-state index in [4.69, 9.17) is 0 Å². The van der Waals surface area contributed by atoms with Crippen LogP contribution in [0.5, 0.6) is 0 Å². The molecule has 194 valence electrons. The van der Waals surface area contributed by atoms with Gasteiger partial charge in [0.15, 0.2) is 0 Å². The van der Waals surface area contributed by atoms with Gasteiger partial charge in [0.05, 0.1) is 23.8 Å². The lowest BCUT2D eigenvalue weighted by atomic mass is 10.0. The molecule has 2 aromatic carbocycles. The standard InChI is InChI=1S/C26H26N8O4/c35-25(36)33-13-1-11-31(33)23-27-15-21(29-23)19-7-3-17(4-8-19)18-5-9-20(10-6-18)22-16-28-24(30-22)32-12-2-14-34(32)26(37)38/h3-10,15-16H,1-2,11-14H2,(H,27,29)(H,28,30)(H,35,36)(H,37,38). The molecule has 2 saturated heterocycles. The molecule has 4 aromatic rings. The first kappa shape index (κ1) is 23.4. The lowest BCUT2D eigenvalue weighted by Gasteiger charge is -2.24. The van der Waals surface area contributed by atoms with Crippen LogP contribution in [0.15, 0.2) is 60.9 Å². The van der Waals surface area contributed by atoms with Crippen LogP contribution in [0.4, 0.5) is 21.5 Å². The molecule has 0 radical (unpaired) electrons. The van der Waals surface area contributed by atoms with Crippen LogP contribution in [0.2, 0.25) is 0 Å². The molecule has 0 aliphatic carbocycles. The van der Waals surface area contributed by atoms with Gasteiger partial charge in [0, 0.05) is 26.2 Å². The second kappa shape index (κ2) is 9.47. The van der Waals surface area contributed by atoms with Crippen LogP contribution in [0.25, 0.3) is 33.6 Å². The molecule has 0 bridgehead atoms. The van der Waals surface area contributed by atoms with Crippen molar-refractivity contribution in [1.82, 2.24) is 30.0 Å². The van der Waals surface area contributed by atoms with E-state index in [0.29, 0.717) is 38.1 Å². The van der Waals surface area contributed by atoms with Crippen LogP contribution in [-0.2, 0) is 0 Å². The van der Waals surface area contributed by atoms with Crippen LogP contribution in [0.3, 0.4) is 0 Å². The molecule has 12 heteroatoms. The first-order valence-corrected chi connectivity index (χ1v) is 12.3. The summed E-state index contributed by atoms with van der Waals surface area (Å²) in [6, 6.07) is 16.2. The van der Waals surface area contributed by atoms with E-state index in [1.54, 1.807) is 22.4 Å². The molecule has 4 heterocycles. The van der Waals surface area contributed by atoms with Crippen molar-refractivity contribution in [3.63, 3.8) is 0 Å². The first-order valence-electron chi connectivity index (χ1n) is 12.3. The first-order chi connectivity index (χ1) is 18.5. The summed E-state index contributed by atoms with van der Waals surface area (Å²) in [7, 11) is 0. The van der Waals surface area contributed by atoms with Gasteiger partial charge in [0.2, 0.25) is 11.9 Å². The lowest BCUT2D eigenvalue weighted by Crippen LogP contribution is -2.41. The Morgan fingerprint density at radius 2 is 0.974 bits per heavy atom. The molecule has 2 aliphatic heterocycles. The number of carbonyl (C=O) groups is 2. The number of rotatable bonds is 5. The molecule has 0 saturated carbocycles. The minimum absolute atomic E-state index is 0.460. The summed E-state index contributed by atoms with van der Waals surface area (Å²) < 4.78 is 0. The van der Waals surface area contributed by atoms with Crippen molar-refractivity contribution in [2.45, 2.75) is 12.8 Å². The van der Waals surface area contributed by atoms with Gasteiger partial charge in [-0.3, -0.25) is 0 Å². The van der Waals surface area contributed by atoms with Gasteiger partial charge >= 0.3 is 12.2 Å². The van der Waals surface area contributed by atoms with Gasteiger partial charge in [0.25, 0.3) is 0 Å². The maximum atomic E-state index is 11.4. The second-order valence-corrected chi connectivity index (χ2v) is 9.16. The minimum Gasteiger partial charge on any atom is -0.464 e. The summed E-state index contributed by atoms with van der Waals surface area (Å²) >= 11 is 0. The predicted octanol–water partition coefficient (Wildman–Crippen LogP) is 4.34. The number of imidazole rings is 2. The maximum Gasteiger partial charge on any atom is 0.426 e. The SMILES string of the molecule is O=C(O)N1CCCN1c1ncc(-c2ccc(-c3ccc(-c4cnc(N5CCCN5C(=O)O)[nH]4)cc3)cc2)[nH]1. The number of hydrazine groups is 2. The molecule has 38 heavy (non-hydrogen) atoms. The number of benzene rings is 2. The minimum atomic E-state index is -0.986. The Hall–Kier alpha value is -5.00. The number of hydrogen-bond donors (Lipinski definition) is 4. The molecule has 2 amide bonds. The Labute approximate surface area is 217 Å². The number of carboxylic acid groups (broad SMARTS) is 2. The average molecular weight is 515 g/mol. The van der Waals surface area contributed by atoms with Crippen molar-refractivity contribution in [3.05, 3.63) is 60.9 Å². The van der Waals surface area contributed by atoms with Gasteiger partial charge in [0.1, 0.15) is 0 Å². The molecule has 4 N–H and O–H groups in total. The van der Waals surface area contributed by atoms with Gasteiger partial charge in [-0.15, -0.1) is 0 Å². The number of amides is 2. The fraction of sp³-hybridized carbons (Fsp3) is 0.231. The van der Waals surface area contributed by atoms with Crippen LogP contribution in [0.1, 0.15) is 12.8 Å². The molecular weight excluding hydrogens is 488 g/mol. The molecule has 2 fully saturated rings. The highest BCUT2D eigenvalue weighted by atomic mass is 16.4. The highest BCUT2D eigenvalue weighted by Crippen LogP contribution is 2.29. The Morgan fingerprint density at radius 3 is 1.34 bits per heavy atom. The maximum absolute atomic E-state index is 11.4. The molecule has 0 unspecified atom stereocenters. The Kier molecular flexibility index (Phi) is 5.83. The molecule has 0 atom stereocenters.